The standard InChI is InChI=1S/C19H29N3O3/c1-2-25-17-7-5-15(6-8-17)3-4-16-9-11-22(12-10-16)19(24)14-21-18(23)13-20/h5-8,16H,2-4,9-14,20H2,1H3,(H,21,23). The molecule has 1 aliphatic heterocycles. The fourth-order valence-electron chi connectivity index (χ4n) is 3.12. The van der Waals surface area contributed by atoms with E-state index in [1.54, 1.807) is 0 Å². The highest BCUT2D eigenvalue weighted by Gasteiger charge is 2.22. The highest BCUT2D eigenvalue weighted by molar-refractivity contribution is 5.85. The number of likely N-dealkylation sites (tertiary alicyclic amines) is 1. The lowest BCUT2D eigenvalue weighted by molar-refractivity contribution is -0.133. The summed E-state index contributed by atoms with van der Waals surface area (Å²) >= 11 is 0. The van der Waals surface area contributed by atoms with Crippen LogP contribution in [0.1, 0.15) is 31.7 Å². The molecule has 1 aromatic carbocycles. The van der Waals surface area contributed by atoms with E-state index in [-0.39, 0.29) is 24.9 Å². The van der Waals surface area contributed by atoms with E-state index in [1.165, 1.54) is 5.56 Å². The van der Waals surface area contributed by atoms with Crippen molar-refractivity contribution in [3.63, 3.8) is 0 Å². The molecule has 25 heavy (non-hydrogen) atoms. The predicted molar refractivity (Wildman–Crippen MR) is 97.3 cm³/mol. The third-order valence-corrected chi connectivity index (χ3v) is 4.67. The third kappa shape index (κ3) is 6.38. The van der Waals surface area contributed by atoms with Gasteiger partial charge in [-0.2, -0.15) is 0 Å². The van der Waals surface area contributed by atoms with E-state index in [9.17, 15) is 9.59 Å². The van der Waals surface area contributed by atoms with Gasteiger partial charge in [0.2, 0.25) is 11.8 Å². The lowest BCUT2D eigenvalue weighted by Gasteiger charge is -2.32. The first kappa shape index (κ1) is 19.2. The van der Waals surface area contributed by atoms with Crippen molar-refractivity contribution in [1.82, 2.24) is 10.2 Å². The number of nitrogens with two attached hydrogens (primary N) is 1. The van der Waals surface area contributed by atoms with E-state index < -0.39 is 0 Å². The molecule has 0 radical (unpaired) electrons. The zero-order chi connectivity index (χ0) is 18.1. The maximum absolute atomic E-state index is 12.0. The average molecular weight is 347 g/mol. The van der Waals surface area contributed by atoms with Gasteiger partial charge >= 0.3 is 0 Å². The van der Waals surface area contributed by atoms with E-state index >= 15 is 0 Å². The summed E-state index contributed by atoms with van der Waals surface area (Å²) in [6.45, 7) is 4.17. The molecule has 6 heteroatoms. The minimum absolute atomic E-state index is 0.0215. The number of piperidine rings is 1. The molecule has 1 aliphatic rings. The molecule has 0 atom stereocenters. The van der Waals surface area contributed by atoms with Crippen molar-refractivity contribution >= 4 is 11.8 Å². The van der Waals surface area contributed by atoms with Gasteiger partial charge in [0.05, 0.1) is 19.7 Å². The Hall–Kier alpha value is -2.08. The maximum atomic E-state index is 12.0. The molecule has 6 nitrogen and oxygen atoms in total. The van der Waals surface area contributed by atoms with Gasteiger partial charge in [-0.1, -0.05) is 12.1 Å². The van der Waals surface area contributed by atoms with E-state index in [2.05, 4.69) is 17.4 Å². The van der Waals surface area contributed by atoms with Crippen LogP contribution in [-0.4, -0.2) is 49.5 Å². The SMILES string of the molecule is CCOc1ccc(CCC2CCN(C(=O)CNC(=O)CN)CC2)cc1. The van der Waals surface area contributed by atoms with Crippen LogP contribution in [0, 0.1) is 5.92 Å². The number of rotatable bonds is 8. The molecule has 1 fully saturated rings. The average Bonchev–Trinajstić information content (AvgIpc) is 2.66. The predicted octanol–water partition coefficient (Wildman–Crippen LogP) is 1.33. The van der Waals surface area contributed by atoms with E-state index in [1.807, 2.05) is 24.0 Å². The second-order valence-corrected chi connectivity index (χ2v) is 6.42. The van der Waals surface area contributed by atoms with Crippen LogP contribution in [0.2, 0.25) is 0 Å². The number of benzene rings is 1. The Morgan fingerprint density at radius 2 is 1.92 bits per heavy atom. The summed E-state index contributed by atoms with van der Waals surface area (Å²) in [5.41, 5.74) is 6.54. The van der Waals surface area contributed by atoms with Crippen molar-refractivity contribution in [2.75, 3.05) is 32.8 Å². The minimum atomic E-state index is -0.293. The summed E-state index contributed by atoms with van der Waals surface area (Å²) in [4.78, 5) is 25.0. The van der Waals surface area contributed by atoms with Gasteiger partial charge in [-0.3, -0.25) is 9.59 Å². The first-order chi connectivity index (χ1) is 12.1. The van der Waals surface area contributed by atoms with Crippen LogP contribution in [0.15, 0.2) is 24.3 Å². The molecule has 1 aromatic rings. The van der Waals surface area contributed by atoms with E-state index in [0.717, 1.165) is 44.5 Å². The Kier molecular flexibility index (Phi) is 7.73. The lowest BCUT2D eigenvalue weighted by Crippen LogP contribution is -2.45. The van der Waals surface area contributed by atoms with Crippen LogP contribution < -0.4 is 15.8 Å². The lowest BCUT2D eigenvalue weighted by atomic mass is 9.90. The van der Waals surface area contributed by atoms with Gasteiger partial charge in [0.1, 0.15) is 5.75 Å². The van der Waals surface area contributed by atoms with Crippen LogP contribution >= 0.6 is 0 Å². The number of nitrogens with zero attached hydrogens (tertiary/aromatic N) is 1. The Balaban J connectivity index is 1.68. The van der Waals surface area contributed by atoms with Gasteiger partial charge in [-0.15, -0.1) is 0 Å². The van der Waals surface area contributed by atoms with Crippen molar-refractivity contribution in [2.45, 2.75) is 32.6 Å². The fourth-order valence-corrected chi connectivity index (χ4v) is 3.12. The molecule has 0 spiro atoms. The molecule has 138 valence electrons. The molecule has 1 saturated heterocycles. The quantitative estimate of drug-likeness (QED) is 0.743. The molecule has 1 heterocycles. The summed E-state index contributed by atoms with van der Waals surface area (Å²) in [6, 6.07) is 8.30. The second kappa shape index (κ2) is 10.0. The van der Waals surface area contributed by atoms with Gasteiger partial charge < -0.3 is 20.7 Å². The van der Waals surface area contributed by atoms with Gasteiger partial charge in [0.15, 0.2) is 0 Å². The Morgan fingerprint density at radius 1 is 1.24 bits per heavy atom. The molecule has 0 aliphatic carbocycles. The highest BCUT2D eigenvalue weighted by atomic mass is 16.5. The maximum Gasteiger partial charge on any atom is 0.241 e. The topological polar surface area (TPSA) is 84.7 Å². The fraction of sp³-hybridized carbons (Fsp3) is 0.579. The number of carbonyl (C=O) groups is 2. The minimum Gasteiger partial charge on any atom is -0.494 e. The number of carbonyl (C=O) groups excluding carboxylic acids is 2. The van der Waals surface area contributed by atoms with Crippen molar-refractivity contribution < 1.29 is 14.3 Å². The van der Waals surface area contributed by atoms with Gasteiger partial charge in [-0.25, -0.2) is 0 Å². The van der Waals surface area contributed by atoms with Gasteiger partial charge in [0.25, 0.3) is 0 Å². The van der Waals surface area contributed by atoms with Crippen molar-refractivity contribution in [2.24, 2.45) is 11.7 Å². The van der Waals surface area contributed by atoms with E-state index in [4.69, 9.17) is 10.5 Å². The summed E-state index contributed by atoms with van der Waals surface area (Å²) in [5, 5.41) is 2.54. The van der Waals surface area contributed by atoms with Crippen LogP contribution in [-0.2, 0) is 16.0 Å². The number of hydrogen-bond acceptors (Lipinski definition) is 4. The monoisotopic (exact) mass is 347 g/mol. The smallest absolute Gasteiger partial charge is 0.241 e. The van der Waals surface area contributed by atoms with Gasteiger partial charge in [0, 0.05) is 13.1 Å². The Morgan fingerprint density at radius 3 is 2.52 bits per heavy atom. The van der Waals surface area contributed by atoms with Gasteiger partial charge in [-0.05, 0) is 56.2 Å². The number of ether oxygens (including phenoxy) is 1. The molecular formula is C19H29N3O3. The third-order valence-electron chi connectivity index (χ3n) is 4.67. The van der Waals surface area contributed by atoms with Crippen molar-refractivity contribution in [3.8, 4) is 5.75 Å². The summed E-state index contributed by atoms with van der Waals surface area (Å²) in [6.07, 6.45) is 4.23. The Bertz CT molecular complexity index is 552. The second-order valence-electron chi connectivity index (χ2n) is 6.42. The zero-order valence-corrected chi connectivity index (χ0v) is 15.0. The summed E-state index contributed by atoms with van der Waals surface area (Å²) < 4.78 is 5.46. The molecule has 0 aromatic heterocycles. The number of hydrogen-bond donors (Lipinski definition) is 2. The van der Waals surface area contributed by atoms with Crippen LogP contribution in [0.3, 0.4) is 0 Å². The molecular weight excluding hydrogens is 318 g/mol. The normalized spacial score (nSPS) is 15.0. The van der Waals surface area contributed by atoms with Crippen LogP contribution in [0.5, 0.6) is 5.75 Å². The van der Waals surface area contributed by atoms with Crippen LogP contribution in [0.25, 0.3) is 0 Å². The largest absolute Gasteiger partial charge is 0.494 e. The molecule has 0 bridgehead atoms. The van der Waals surface area contributed by atoms with Crippen molar-refractivity contribution in [1.29, 1.82) is 0 Å². The highest BCUT2D eigenvalue weighted by Crippen LogP contribution is 2.23. The Labute approximate surface area is 149 Å². The number of aryl methyl sites for hydroxylation is 1. The number of nitrogens with one attached hydrogen (secondary N) is 1. The first-order valence-electron chi connectivity index (χ1n) is 9.08. The molecule has 0 saturated carbocycles. The summed E-state index contributed by atoms with van der Waals surface area (Å²) in [7, 11) is 0. The van der Waals surface area contributed by atoms with Crippen LogP contribution in [0.4, 0.5) is 0 Å². The molecule has 2 rings (SSSR count). The van der Waals surface area contributed by atoms with Crippen molar-refractivity contribution in [3.05, 3.63) is 29.8 Å². The first-order valence-corrected chi connectivity index (χ1v) is 9.08. The molecule has 3 N–H and O–H groups in total. The zero-order valence-electron chi connectivity index (χ0n) is 15.0. The molecule has 2 amide bonds. The summed E-state index contributed by atoms with van der Waals surface area (Å²) in [5.74, 6) is 1.25. The van der Waals surface area contributed by atoms with E-state index in [0.29, 0.717) is 12.5 Å². The number of amides is 2. The molecule has 0 unspecified atom stereocenters.